The van der Waals surface area contributed by atoms with Gasteiger partial charge < -0.3 is 10.4 Å². The van der Waals surface area contributed by atoms with E-state index in [1.54, 1.807) is 36.4 Å². The van der Waals surface area contributed by atoms with Gasteiger partial charge in [-0.25, -0.2) is 5.43 Å². The lowest BCUT2D eigenvalue weighted by molar-refractivity contribution is -0.136. The van der Waals surface area contributed by atoms with Crippen molar-refractivity contribution in [3.8, 4) is 5.75 Å². The van der Waals surface area contributed by atoms with Crippen LogP contribution in [0.15, 0.2) is 53.6 Å². The highest BCUT2D eigenvalue weighted by Crippen LogP contribution is 2.13. The van der Waals surface area contributed by atoms with E-state index in [0.717, 1.165) is 0 Å². The molecule has 0 heterocycles. The first kappa shape index (κ1) is 15.5. The summed E-state index contributed by atoms with van der Waals surface area (Å²) in [5.74, 6) is -1.61. The molecule has 0 radical (unpaired) electrons. The number of hydrogen-bond acceptors (Lipinski definition) is 4. The Balaban J connectivity index is 1.87. The highest BCUT2D eigenvalue weighted by atomic mass is 35.5. The number of aromatic hydroxyl groups is 1. The van der Waals surface area contributed by atoms with E-state index in [0.29, 0.717) is 16.3 Å². The molecule has 7 heteroatoms. The molecule has 0 fully saturated rings. The lowest BCUT2D eigenvalue weighted by atomic mass is 10.2. The summed E-state index contributed by atoms with van der Waals surface area (Å²) in [6.07, 6.45) is 1.35. The molecule has 3 N–H and O–H groups in total. The molecule has 2 amide bonds. The number of phenols is 1. The largest absolute Gasteiger partial charge is 0.508 e. The van der Waals surface area contributed by atoms with Crippen LogP contribution in [0.5, 0.6) is 5.75 Å². The zero-order chi connectivity index (χ0) is 15.9. The minimum atomic E-state index is -0.898. The first-order valence-electron chi connectivity index (χ1n) is 6.23. The topological polar surface area (TPSA) is 90.8 Å². The van der Waals surface area contributed by atoms with Gasteiger partial charge in [0.2, 0.25) is 0 Å². The molecule has 2 aromatic rings. The van der Waals surface area contributed by atoms with Gasteiger partial charge >= 0.3 is 11.8 Å². The molecule has 0 aromatic heterocycles. The van der Waals surface area contributed by atoms with Crippen LogP contribution >= 0.6 is 11.6 Å². The van der Waals surface area contributed by atoms with Crippen molar-refractivity contribution in [2.24, 2.45) is 5.10 Å². The summed E-state index contributed by atoms with van der Waals surface area (Å²) in [6.45, 7) is 0. The van der Waals surface area contributed by atoms with Gasteiger partial charge in [0.15, 0.2) is 0 Å². The van der Waals surface area contributed by atoms with Crippen LogP contribution in [0, 0.1) is 0 Å². The molecule has 2 rings (SSSR count). The molecule has 0 aliphatic heterocycles. The Kier molecular flexibility index (Phi) is 5.11. The van der Waals surface area contributed by atoms with Crippen molar-refractivity contribution in [1.82, 2.24) is 5.43 Å². The van der Waals surface area contributed by atoms with Gasteiger partial charge in [0.1, 0.15) is 5.75 Å². The van der Waals surface area contributed by atoms with Crippen molar-refractivity contribution in [2.45, 2.75) is 0 Å². The van der Waals surface area contributed by atoms with Gasteiger partial charge in [0, 0.05) is 10.7 Å². The van der Waals surface area contributed by atoms with E-state index in [-0.39, 0.29) is 5.75 Å². The number of benzene rings is 2. The molecule has 0 atom stereocenters. The van der Waals surface area contributed by atoms with Crippen molar-refractivity contribution in [3.63, 3.8) is 0 Å². The Morgan fingerprint density at radius 3 is 2.27 bits per heavy atom. The smallest absolute Gasteiger partial charge is 0.329 e. The fourth-order valence-corrected chi connectivity index (χ4v) is 1.62. The first-order chi connectivity index (χ1) is 10.5. The minimum absolute atomic E-state index is 0.128. The SMILES string of the molecule is O=C(N/N=C\c1ccc(O)cc1)C(=O)Nc1ccc(Cl)cc1. The van der Waals surface area contributed by atoms with Gasteiger partial charge in [0.25, 0.3) is 0 Å². The van der Waals surface area contributed by atoms with Crippen LogP contribution in [0.1, 0.15) is 5.56 Å². The van der Waals surface area contributed by atoms with E-state index < -0.39 is 11.8 Å². The van der Waals surface area contributed by atoms with Crippen molar-refractivity contribution >= 4 is 35.3 Å². The first-order valence-corrected chi connectivity index (χ1v) is 6.61. The van der Waals surface area contributed by atoms with E-state index in [1.807, 2.05) is 0 Å². The molecule has 0 saturated carbocycles. The number of amides is 2. The highest BCUT2D eigenvalue weighted by molar-refractivity contribution is 6.39. The molecule has 112 valence electrons. The van der Waals surface area contributed by atoms with E-state index in [2.05, 4.69) is 15.8 Å². The van der Waals surface area contributed by atoms with Crippen LogP contribution < -0.4 is 10.7 Å². The van der Waals surface area contributed by atoms with Crippen LogP contribution in [-0.2, 0) is 9.59 Å². The number of hydrogen-bond donors (Lipinski definition) is 3. The maximum Gasteiger partial charge on any atom is 0.329 e. The maximum absolute atomic E-state index is 11.6. The van der Waals surface area contributed by atoms with Crippen LogP contribution in [-0.4, -0.2) is 23.1 Å². The third-order valence-corrected chi connectivity index (χ3v) is 2.83. The number of hydrazone groups is 1. The summed E-state index contributed by atoms with van der Waals surface area (Å²) in [5.41, 5.74) is 3.22. The van der Waals surface area contributed by atoms with Crippen LogP contribution in [0.2, 0.25) is 5.02 Å². The van der Waals surface area contributed by atoms with Crippen LogP contribution in [0.4, 0.5) is 5.69 Å². The summed E-state index contributed by atoms with van der Waals surface area (Å²) in [4.78, 5) is 23.2. The number of rotatable bonds is 3. The summed E-state index contributed by atoms with van der Waals surface area (Å²) < 4.78 is 0. The van der Waals surface area contributed by atoms with Gasteiger partial charge in [-0.15, -0.1) is 0 Å². The van der Waals surface area contributed by atoms with Gasteiger partial charge in [-0.1, -0.05) is 11.6 Å². The van der Waals surface area contributed by atoms with E-state index in [4.69, 9.17) is 16.7 Å². The van der Waals surface area contributed by atoms with Crippen LogP contribution in [0.3, 0.4) is 0 Å². The second-order valence-electron chi connectivity index (χ2n) is 4.25. The van der Waals surface area contributed by atoms with Crippen LogP contribution in [0.25, 0.3) is 0 Å². The maximum atomic E-state index is 11.6. The number of carbonyl (C=O) groups excluding carboxylic acids is 2. The molecule has 0 unspecified atom stereocenters. The van der Waals surface area contributed by atoms with Gasteiger partial charge in [-0.3, -0.25) is 9.59 Å². The number of carbonyl (C=O) groups is 2. The van der Waals surface area contributed by atoms with E-state index >= 15 is 0 Å². The molecule has 2 aromatic carbocycles. The molecule has 0 bridgehead atoms. The van der Waals surface area contributed by atoms with Gasteiger partial charge in [-0.05, 0) is 54.1 Å². The van der Waals surface area contributed by atoms with Gasteiger partial charge in [0.05, 0.1) is 6.21 Å². The highest BCUT2D eigenvalue weighted by Gasteiger charge is 2.12. The second-order valence-corrected chi connectivity index (χ2v) is 4.69. The molecule has 0 saturated heterocycles. The lowest BCUT2D eigenvalue weighted by Crippen LogP contribution is -2.32. The summed E-state index contributed by atoms with van der Waals surface area (Å²) >= 11 is 5.72. The molecule has 0 aliphatic rings. The number of nitrogens with zero attached hydrogens (tertiary/aromatic N) is 1. The standard InChI is InChI=1S/C15H12ClN3O3/c16-11-3-5-12(6-4-11)18-14(21)15(22)19-17-9-10-1-7-13(20)8-2-10/h1-9,20H,(H,18,21)(H,19,22)/b17-9-. The van der Waals surface area contributed by atoms with Crippen molar-refractivity contribution < 1.29 is 14.7 Å². The summed E-state index contributed by atoms with van der Waals surface area (Å²) in [7, 11) is 0. The molecule has 0 aliphatic carbocycles. The lowest BCUT2D eigenvalue weighted by Gasteiger charge is -2.03. The third kappa shape index (κ3) is 4.60. The molecular formula is C15H12ClN3O3. The number of nitrogens with one attached hydrogen (secondary N) is 2. The Labute approximate surface area is 131 Å². The Bertz CT molecular complexity index is 697. The molecule has 0 spiro atoms. The zero-order valence-corrected chi connectivity index (χ0v) is 12.0. The second kappa shape index (κ2) is 7.24. The number of phenolic OH excluding ortho intramolecular Hbond substituents is 1. The number of halogens is 1. The monoisotopic (exact) mass is 317 g/mol. The molecular weight excluding hydrogens is 306 g/mol. The predicted molar refractivity (Wildman–Crippen MR) is 83.9 cm³/mol. The number of anilines is 1. The van der Waals surface area contributed by atoms with E-state index in [9.17, 15) is 9.59 Å². The minimum Gasteiger partial charge on any atom is -0.508 e. The average molecular weight is 318 g/mol. The van der Waals surface area contributed by atoms with Gasteiger partial charge in [-0.2, -0.15) is 5.10 Å². The Morgan fingerprint density at radius 2 is 1.64 bits per heavy atom. The normalized spacial score (nSPS) is 10.4. The zero-order valence-electron chi connectivity index (χ0n) is 11.3. The molecule has 22 heavy (non-hydrogen) atoms. The quantitative estimate of drug-likeness (QED) is 0.460. The Hall–Kier alpha value is -2.86. The molecule has 6 nitrogen and oxygen atoms in total. The Morgan fingerprint density at radius 1 is 1.00 bits per heavy atom. The van der Waals surface area contributed by atoms with Crippen molar-refractivity contribution in [2.75, 3.05) is 5.32 Å². The average Bonchev–Trinajstić information content (AvgIpc) is 2.51. The fraction of sp³-hybridized carbons (Fsp3) is 0. The summed E-state index contributed by atoms with van der Waals surface area (Å²) in [6, 6.07) is 12.5. The van der Waals surface area contributed by atoms with Crippen molar-refractivity contribution in [1.29, 1.82) is 0 Å². The van der Waals surface area contributed by atoms with Crippen molar-refractivity contribution in [3.05, 3.63) is 59.1 Å². The van der Waals surface area contributed by atoms with E-state index in [1.165, 1.54) is 18.3 Å². The third-order valence-electron chi connectivity index (χ3n) is 2.58. The summed E-state index contributed by atoms with van der Waals surface area (Å²) in [5, 5.41) is 15.7. The predicted octanol–water partition coefficient (Wildman–Crippen LogP) is 2.13. The fourth-order valence-electron chi connectivity index (χ4n) is 1.50.